The van der Waals surface area contributed by atoms with Gasteiger partial charge in [0.1, 0.15) is 0 Å². The monoisotopic (exact) mass is 311 g/mol. The summed E-state index contributed by atoms with van der Waals surface area (Å²) in [6.07, 6.45) is 1.94. The van der Waals surface area contributed by atoms with Crippen LogP contribution < -0.4 is 16.0 Å². The zero-order valence-corrected chi connectivity index (χ0v) is 13.1. The van der Waals surface area contributed by atoms with Gasteiger partial charge in [0, 0.05) is 12.6 Å². The van der Waals surface area contributed by atoms with Crippen LogP contribution in [-0.4, -0.2) is 24.4 Å². The Kier molecular flexibility index (Phi) is 6.65. The Morgan fingerprint density at radius 3 is 2.76 bits per heavy atom. The van der Waals surface area contributed by atoms with E-state index < -0.39 is 0 Å². The summed E-state index contributed by atoms with van der Waals surface area (Å²) in [5.74, 6) is -0.0612. The van der Waals surface area contributed by atoms with E-state index in [1.54, 1.807) is 0 Å². The largest absolute Gasteiger partial charge is 0.348 e. The van der Waals surface area contributed by atoms with Crippen molar-refractivity contribution in [2.75, 3.05) is 11.9 Å². The van der Waals surface area contributed by atoms with Crippen LogP contribution in [0.3, 0.4) is 0 Å². The molecule has 2 atom stereocenters. The molecule has 1 saturated heterocycles. The lowest BCUT2D eigenvalue weighted by Gasteiger charge is -2.18. The van der Waals surface area contributed by atoms with Gasteiger partial charge in [-0.25, -0.2) is 0 Å². The Balaban J connectivity index is 0.00000220. The van der Waals surface area contributed by atoms with Crippen LogP contribution in [0.4, 0.5) is 5.69 Å². The van der Waals surface area contributed by atoms with E-state index in [1.807, 2.05) is 31.2 Å². The quantitative estimate of drug-likeness (QED) is 0.796. The lowest BCUT2D eigenvalue weighted by molar-refractivity contribution is -0.123. The minimum atomic E-state index is -0.103. The minimum absolute atomic E-state index is 0. The third kappa shape index (κ3) is 5.02. The predicted molar refractivity (Wildman–Crippen MR) is 85.6 cm³/mol. The number of amides is 2. The molecule has 5 nitrogen and oxygen atoms in total. The number of hydrogen-bond acceptors (Lipinski definition) is 3. The van der Waals surface area contributed by atoms with E-state index in [1.165, 1.54) is 6.92 Å². The number of halogens is 1. The maximum Gasteiger partial charge on any atom is 0.237 e. The maximum atomic E-state index is 12.0. The van der Waals surface area contributed by atoms with Crippen LogP contribution in [0, 0.1) is 0 Å². The molecule has 1 aliphatic rings. The molecule has 1 fully saturated rings. The van der Waals surface area contributed by atoms with Crippen molar-refractivity contribution >= 4 is 29.9 Å². The zero-order valence-electron chi connectivity index (χ0n) is 12.3. The molecule has 116 valence electrons. The Labute approximate surface area is 131 Å². The number of benzene rings is 1. The summed E-state index contributed by atoms with van der Waals surface area (Å²) in [5, 5.41) is 8.93. The molecule has 1 heterocycles. The lowest BCUT2D eigenvalue weighted by Crippen LogP contribution is -2.41. The second-order valence-electron chi connectivity index (χ2n) is 5.19. The van der Waals surface area contributed by atoms with E-state index in [0.29, 0.717) is 0 Å². The predicted octanol–water partition coefficient (Wildman–Crippen LogP) is 2.00. The second kappa shape index (κ2) is 8.00. The Hall–Kier alpha value is -1.59. The molecule has 1 aliphatic heterocycles. The molecule has 0 radical (unpaired) electrons. The number of anilines is 1. The first kappa shape index (κ1) is 17.5. The molecule has 6 heteroatoms. The van der Waals surface area contributed by atoms with Crippen LogP contribution in [0.5, 0.6) is 0 Å². The lowest BCUT2D eigenvalue weighted by atomic mass is 10.1. The first-order valence-corrected chi connectivity index (χ1v) is 6.97. The van der Waals surface area contributed by atoms with Gasteiger partial charge in [0.15, 0.2) is 0 Å². The molecule has 2 unspecified atom stereocenters. The van der Waals surface area contributed by atoms with E-state index in [4.69, 9.17) is 0 Å². The molecular formula is C15H22ClN3O2. The summed E-state index contributed by atoms with van der Waals surface area (Å²) in [7, 11) is 0. The normalized spacial score (nSPS) is 18.5. The summed E-state index contributed by atoms with van der Waals surface area (Å²) < 4.78 is 0. The third-order valence-electron chi connectivity index (χ3n) is 3.44. The molecule has 0 aromatic heterocycles. The van der Waals surface area contributed by atoms with Crippen molar-refractivity contribution in [1.82, 2.24) is 10.6 Å². The first-order valence-electron chi connectivity index (χ1n) is 6.97. The highest BCUT2D eigenvalue weighted by Crippen LogP contribution is 2.18. The smallest absolute Gasteiger partial charge is 0.237 e. The Bertz CT molecular complexity index is 501. The van der Waals surface area contributed by atoms with Gasteiger partial charge < -0.3 is 16.0 Å². The highest BCUT2D eigenvalue weighted by atomic mass is 35.5. The van der Waals surface area contributed by atoms with Crippen LogP contribution in [0.2, 0.25) is 0 Å². The molecular weight excluding hydrogens is 290 g/mol. The van der Waals surface area contributed by atoms with E-state index in [-0.39, 0.29) is 36.3 Å². The molecule has 1 aromatic rings. The summed E-state index contributed by atoms with van der Waals surface area (Å²) >= 11 is 0. The molecule has 0 aliphatic carbocycles. The Morgan fingerprint density at radius 2 is 2.14 bits per heavy atom. The molecule has 3 N–H and O–H groups in total. The van der Waals surface area contributed by atoms with Crippen LogP contribution >= 0.6 is 12.4 Å². The van der Waals surface area contributed by atoms with Crippen molar-refractivity contribution in [1.29, 1.82) is 0 Å². The molecule has 0 bridgehead atoms. The Morgan fingerprint density at radius 1 is 1.38 bits per heavy atom. The third-order valence-corrected chi connectivity index (χ3v) is 3.44. The van der Waals surface area contributed by atoms with Crippen molar-refractivity contribution in [3.05, 3.63) is 29.8 Å². The van der Waals surface area contributed by atoms with Gasteiger partial charge in [0.05, 0.1) is 12.1 Å². The highest BCUT2D eigenvalue weighted by molar-refractivity contribution is 5.88. The number of rotatable bonds is 4. The van der Waals surface area contributed by atoms with Gasteiger partial charge in [-0.05, 0) is 44.0 Å². The van der Waals surface area contributed by atoms with Crippen molar-refractivity contribution in [2.45, 2.75) is 38.8 Å². The zero-order chi connectivity index (χ0) is 14.5. The average molecular weight is 312 g/mol. The number of nitrogens with one attached hydrogen (secondary N) is 3. The van der Waals surface area contributed by atoms with Crippen LogP contribution in [0.25, 0.3) is 0 Å². The molecule has 2 amide bonds. The summed E-state index contributed by atoms with van der Waals surface area (Å²) in [5.41, 5.74) is 1.72. The van der Waals surface area contributed by atoms with Gasteiger partial charge >= 0.3 is 0 Å². The highest BCUT2D eigenvalue weighted by Gasteiger charge is 2.23. The first-order chi connectivity index (χ1) is 9.56. The van der Waals surface area contributed by atoms with Gasteiger partial charge in [0.2, 0.25) is 11.8 Å². The van der Waals surface area contributed by atoms with Gasteiger partial charge in [-0.1, -0.05) is 12.1 Å². The van der Waals surface area contributed by atoms with E-state index in [0.717, 1.165) is 30.6 Å². The van der Waals surface area contributed by atoms with Crippen LogP contribution in [0.15, 0.2) is 24.3 Å². The van der Waals surface area contributed by atoms with Crippen molar-refractivity contribution < 1.29 is 9.59 Å². The molecule has 0 saturated carbocycles. The van der Waals surface area contributed by atoms with Crippen LogP contribution in [0.1, 0.15) is 38.3 Å². The summed E-state index contributed by atoms with van der Waals surface area (Å²) in [6.45, 7) is 4.33. The van der Waals surface area contributed by atoms with E-state index in [9.17, 15) is 9.59 Å². The van der Waals surface area contributed by atoms with Gasteiger partial charge in [-0.2, -0.15) is 0 Å². The molecule has 2 rings (SSSR count). The van der Waals surface area contributed by atoms with Crippen molar-refractivity contribution in [3.8, 4) is 0 Å². The van der Waals surface area contributed by atoms with E-state index in [2.05, 4.69) is 16.0 Å². The molecule has 0 spiro atoms. The number of carbonyl (C=O) groups excluding carboxylic acids is 2. The van der Waals surface area contributed by atoms with Gasteiger partial charge in [-0.15, -0.1) is 12.4 Å². The van der Waals surface area contributed by atoms with Crippen molar-refractivity contribution in [2.24, 2.45) is 0 Å². The number of carbonyl (C=O) groups is 2. The van der Waals surface area contributed by atoms with Gasteiger partial charge in [0.25, 0.3) is 0 Å². The fourth-order valence-electron chi connectivity index (χ4n) is 2.39. The molecule has 1 aromatic carbocycles. The summed E-state index contributed by atoms with van der Waals surface area (Å²) in [6, 6.07) is 7.37. The van der Waals surface area contributed by atoms with Crippen molar-refractivity contribution in [3.63, 3.8) is 0 Å². The fourth-order valence-corrected chi connectivity index (χ4v) is 2.39. The number of hydrogen-bond donors (Lipinski definition) is 3. The maximum absolute atomic E-state index is 12.0. The standard InChI is InChI=1S/C15H21N3O2.ClH/c1-10(17-15(20)14-7-4-8-16-14)12-5-3-6-13(9-12)18-11(2)19;/h3,5-6,9-10,14,16H,4,7-8H2,1-2H3,(H,17,20)(H,18,19);1H. The minimum Gasteiger partial charge on any atom is -0.348 e. The topological polar surface area (TPSA) is 70.2 Å². The van der Waals surface area contributed by atoms with Crippen LogP contribution in [-0.2, 0) is 9.59 Å². The fraction of sp³-hybridized carbons (Fsp3) is 0.467. The summed E-state index contributed by atoms with van der Waals surface area (Å²) in [4.78, 5) is 23.1. The second-order valence-corrected chi connectivity index (χ2v) is 5.19. The van der Waals surface area contributed by atoms with E-state index >= 15 is 0 Å². The SMILES string of the molecule is CC(=O)Nc1cccc(C(C)NC(=O)C2CCCN2)c1.Cl. The average Bonchev–Trinajstić information content (AvgIpc) is 2.92. The van der Waals surface area contributed by atoms with Gasteiger partial charge in [-0.3, -0.25) is 9.59 Å². The molecule has 21 heavy (non-hydrogen) atoms.